The second kappa shape index (κ2) is 9.88. The molecule has 0 fully saturated rings. The van der Waals surface area contributed by atoms with E-state index in [1.165, 1.54) is 6.26 Å². The van der Waals surface area contributed by atoms with Gasteiger partial charge in [-0.25, -0.2) is 23.2 Å². The van der Waals surface area contributed by atoms with Gasteiger partial charge in [-0.15, -0.1) is 0 Å². The number of aliphatic imine (C=N–C) groups is 1. The van der Waals surface area contributed by atoms with Gasteiger partial charge < -0.3 is 22.1 Å². The van der Waals surface area contributed by atoms with Crippen LogP contribution in [0, 0.1) is 0 Å². The minimum absolute atomic E-state index is 0.260. The minimum Gasteiger partial charge on any atom is -0.370 e. The van der Waals surface area contributed by atoms with Gasteiger partial charge in [-0.05, 0) is 34.9 Å². The molecule has 0 atom stereocenters. The van der Waals surface area contributed by atoms with Crippen LogP contribution < -0.4 is 22.1 Å². The zero-order valence-electron chi connectivity index (χ0n) is 17.3. The van der Waals surface area contributed by atoms with E-state index >= 15 is 0 Å². The maximum atomic E-state index is 11.7. The molecular formula is C21H23N7O3S. The summed E-state index contributed by atoms with van der Waals surface area (Å²) in [7, 11) is -3.26. The van der Waals surface area contributed by atoms with Crippen molar-refractivity contribution in [3.8, 4) is 11.1 Å². The monoisotopic (exact) mass is 453 g/mol. The van der Waals surface area contributed by atoms with Crippen molar-refractivity contribution in [3.63, 3.8) is 0 Å². The summed E-state index contributed by atoms with van der Waals surface area (Å²) in [6.45, 7) is 0.643. The molecule has 0 spiro atoms. The zero-order valence-corrected chi connectivity index (χ0v) is 18.1. The van der Waals surface area contributed by atoms with Crippen molar-refractivity contribution in [2.45, 2.75) is 18.0 Å². The molecule has 1 aromatic heterocycles. The Hall–Kier alpha value is -3.99. The van der Waals surface area contributed by atoms with Gasteiger partial charge in [0.15, 0.2) is 15.8 Å². The van der Waals surface area contributed by atoms with Crippen LogP contribution in [0.1, 0.15) is 11.1 Å². The van der Waals surface area contributed by atoms with Crippen LogP contribution in [-0.4, -0.2) is 36.6 Å². The van der Waals surface area contributed by atoms with Crippen molar-refractivity contribution in [2.75, 3.05) is 11.6 Å². The van der Waals surface area contributed by atoms with Gasteiger partial charge in [-0.3, -0.25) is 0 Å². The fraction of sp³-hybridized carbons (Fsp3) is 0.143. The lowest BCUT2D eigenvalue weighted by Gasteiger charge is -2.08. The summed E-state index contributed by atoms with van der Waals surface area (Å²) in [6.07, 6.45) is 4.53. The molecule has 6 N–H and O–H groups in total. The number of aromatic nitrogens is 2. The van der Waals surface area contributed by atoms with Crippen LogP contribution in [0.25, 0.3) is 11.1 Å². The number of anilines is 1. The van der Waals surface area contributed by atoms with Gasteiger partial charge in [0.25, 0.3) is 0 Å². The fourth-order valence-electron chi connectivity index (χ4n) is 2.83. The highest BCUT2D eigenvalue weighted by molar-refractivity contribution is 7.90. The summed E-state index contributed by atoms with van der Waals surface area (Å²) < 4.78 is 23.4. The number of hydrogen-bond donors (Lipinski definition) is 4. The Morgan fingerprint density at radius 2 is 1.62 bits per heavy atom. The number of hydrogen-bond acceptors (Lipinski definition) is 6. The van der Waals surface area contributed by atoms with Crippen molar-refractivity contribution in [2.24, 2.45) is 16.5 Å². The molecule has 166 valence electrons. The Morgan fingerprint density at radius 1 is 0.969 bits per heavy atom. The molecular weight excluding hydrogens is 430 g/mol. The smallest absolute Gasteiger partial charge is 0.344 e. The zero-order chi connectivity index (χ0) is 23.1. The molecule has 2 aromatic carbocycles. The number of guanidine groups is 1. The summed E-state index contributed by atoms with van der Waals surface area (Å²) in [5, 5.41) is 5.68. The Kier molecular flexibility index (Phi) is 7.00. The molecule has 10 nitrogen and oxygen atoms in total. The van der Waals surface area contributed by atoms with E-state index < -0.39 is 15.9 Å². The van der Waals surface area contributed by atoms with E-state index in [4.69, 9.17) is 11.5 Å². The summed E-state index contributed by atoms with van der Waals surface area (Å²) >= 11 is 0. The fourth-order valence-corrected chi connectivity index (χ4v) is 3.52. The third-order valence-corrected chi connectivity index (χ3v) is 5.47. The van der Waals surface area contributed by atoms with Gasteiger partial charge in [0, 0.05) is 37.3 Å². The second-order valence-corrected chi connectivity index (χ2v) is 8.98. The maximum absolute atomic E-state index is 11.7. The molecule has 0 aliphatic carbocycles. The predicted molar refractivity (Wildman–Crippen MR) is 122 cm³/mol. The topological polar surface area (TPSA) is 165 Å². The molecule has 0 aliphatic rings. The van der Waals surface area contributed by atoms with Crippen molar-refractivity contribution >= 4 is 27.8 Å². The molecule has 1 heterocycles. The van der Waals surface area contributed by atoms with Crippen LogP contribution in [0.15, 0.2) is 70.8 Å². The quantitative estimate of drug-likeness (QED) is 0.309. The van der Waals surface area contributed by atoms with Crippen LogP contribution in [0.5, 0.6) is 0 Å². The average Bonchev–Trinajstić information content (AvgIpc) is 2.76. The Labute approximate surface area is 185 Å². The van der Waals surface area contributed by atoms with Crippen molar-refractivity contribution in [1.82, 2.24) is 15.3 Å². The van der Waals surface area contributed by atoms with E-state index in [0.717, 1.165) is 22.3 Å². The molecule has 0 saturated heterocycles. The summed E-state index contributed by atoms with van der Waals surface area (Å²) in [6, 6.07) is 13.6. The number of amides is 2. The van der Waals surface area contributed by atoms with Crippen LogP contribution in [0.2, 0.25) is 0 Å². The first-order valence-corrected chi connectivity index (χ1v) is 11.4. The van der Waals surface area contributed by atoms with E-state index in [1.54, 1.807) is 30.6 Å². The van der Waals surface area contributed by atoms with Gasteiger partial charge in [0.1, 0.15) is 0 Å². The standard InChI is InChI=1S/C21H23N7O3S/c1-32(30,31)18-7-3-5-15(9-18)10-24-20-25-12-17(13-26-20)16-6-2-4-14(8-16)11-27-21(29)28-19(22)23/h2-9,12-13H,10-11H2,1H3,(H,24,25,26)(H5,22,23,27,28,29). The molecule has 2 amide bonds. The normalized spacial score (nSPS) is 10.9. The molecule has 0 radical (unpaired) electrons. The van der Waals surface area contributed by atoms with Gasteiger partial charge in [-0.1, -0.05) is 30.3 Å². The highest BCUT2D eigenvalue weighted by atomic mass is 32.2. The number of urea groups is 1. The van der Waals surface area contributed by atoms with E-state index in [9.17, 15) is 13.2 Å². The number of nitrogens with zero attached hydrogens (tertiary/aromatic N) is 3. The van der Waals surface area contributed by atoms with Gasteiger partial charge in [0.05, 0.1) is 4.90 Å². The number of carbonyl (C=O) groups is 1. The van der Waals surface area contributed by atoms with Crippen molar-refractivity contribution < 1.29 is 13.2 Å². The van der Waals surface area contributed by atoms with E-state index in [0.29, 0.717) is 12.5 Å². The van der Waals surface area contributed by atoms with E-state index in [2.05, 4.69) is 25.6 Å². The van der Waals surface area contributed by atoms with Crippen LogP contribution in [0.3, 0.4) is 0 Å². The molecule has 3 rings (SSSR count). The van der Waals surface area contributed by atoms with Crippen LogP contribution >= 0.6 is 0 Å². The summed E-state index contributed by atoms with van der Waals surface area (Å²) in [5.41, 5.74) is 13.7. The highest BCUT2D eigenvalue weighted by Gasteiger charge is 2.08. The molecule has 0 aliphatic heterocycles. The molecule has 32 heavy (non-hydrogen) atoms. The predicted octanol–water partition coefficient (Wildman–Crippen LogP) is 1.64. The Bertz CT molecular complexity index is 1240. The van der Waals surface area contributed by atoms with Crippen molar-refractivity contribution in [1.29, 1.82) is 0 Å². The number of carbonyl (C=O) groups excluding carboxylic acids is 1. The highest BCUT2D eigenvalue weighted by Crippen LogP contribution is 2.20. The average molecular weight is 454 g/mol. The first kappa shape index (κ1) is 22.7. The van der Waals surface area contributed by atoms with Gasteiger partial charge in [-0.2, -0.15) is 4.99 Å². The van der Waals surface area contributed by atoms with Gasteiger partial charge in [0.2, 0.25) is 5.95 Å². The number of sulfone groups is 1. The van der Waals surface area contributed by atoms with E-state index in [1.807, 2.05) is 30.3 Å². The van der Waals surface area contributed by atoms with Gasteiger partial charge >= 0.3 is 6.03 Å². The third kappa shape index (κ3) is 6.51. The molecule has 0 unspecified atom stereocenters. The summed E-state index contributed by atoms with van der Waals surface area (Å²) in [5.74, 6) is 0.115. The largest absolute Gasteiger partial charge is 0.370 e. The van der Waals surface area contributed by atoms with Crippen LogP contribution in [0.4, 0.5) is 10.7 Å². The summed E-state index contributed by atoms with van der Waals surface area (Å²) in [4.78, 5) is 23.9. The Morgan fingerprint density at radius 3 is 2.28 bits per heavy atom. The first-order chi connectivity index (χ1) is 15.2. The Balaban J connectivity index is 1.63. The SMILES string of the molecule is CS(=O)(=O)c1cccc(CNc2ncc(-c3cccc(CNC(=O)N=C(N)N)c3)cn2)c1. The lowest BCUT2D eigenvalue weighted by atomic mass is 10.1. The number of nitrogens with one attached hydrogen (secondary N) is 2. The maximum Gasteiger partial charge on any atom is 0.344 e. The third-order valence-electron chi connectivity index (χ3n) is 4.36. The lowest BCUT2D eigenvalue weighted by molar-refractivity contribution is 0.249. The van der Waals surface area contributed by atoms with Crippen molar-refractivity contribution in [3.05, 3.63) is 72.1 Å². The lowest BCUT2D eigenvalue weighted by Crippen LogP contribution is -2.28. The molecule has 0 saturated carbocycles. The molecule has 0 bridgehead atoms. The molecule has 11 heteroatoms. The van der Waals surface area contributed by atoms with Crippen LogP contribution in [-0.2, 0) is 22.9 Å². The number of rotatable bonds is 7. The van der Waals surface area contributed by atoms with E-state index in [-0.39, 0.29) is 17.4 Å². The number of nitrogens with two attached hydrogens (primary N) is 2. The first-order valence-electron chi connectivity index (χ1n) is 9.52. The number of benzene rings is 2. The molecule has 3 aromatic rings. The second-order valence-electron chi connectivity index (χ2n) is 6.96. The minimum atomic E-state index is -3.26.